The first-order valence-electron chi connectivity index (χ1n) is 6.20. The Kier molecular flexibility index (Phi) is 4.20. The van der Waals surface area contributed by atoms with Crippen LogP contribution >= 0.6 is 0 Å². The highest BCUT2D eigenvalue weighted by molar-refractivity contribution is 5.88. The largest absolute Gasteiger partial charge is 0.478 e. The number of rotatable bonds is 4. The van der Waals surface area contributed by atoms with Gasteiger partial charge in [-0.05, 0) is 26.0 Å². The number of aliphatic hydroxyl groups is 1. The van der Waals surface area contributed by atoms with Crippen LogP contribution in [0.5, 0.6) is 0 Å². The van der Waals surface area contributed by atoms with Crippen molar-refractivity contribution < 1.29 is 15.0 Å². The van der Waals surface area contributed by atoms with Gasteiger partial charge in [0.05, 0.1) is 17.7 Å². The average molecular weight is 266 g/mol. The van der Waals surface area contributed by atoms with Gasteiger partial charge in [-0.2, -0.15) is 0 Å². The van der Waals surface area contributed by atoms with E-state index >= 15 is 0 Å². The highest BCUT2D eigenvalue weighted by Crippen LogP contribution is 2.24. The van der Waals surface area contributed by atoms with E-state index in [1.807, 2.05) is 34.6 Å². The summed E-state index contributed by atoms with van der Waals surface area (Å²) in [6.07, 6.45) is 0. The highest BCUT2D eigenvalue weighted by Gasteiger charge is 2.22. The van der Waals surface area contributed by atoms with Crippen LogP contribution in [0.25, 0.3) is 0 Å². The molecule has 0 aromatic carbocycles. The summed E-state index contributed by atoms with van der Waals surface area (Å²) in [6.45, 7) is 9.49. The minimum absolute atomic E-state index is 0.0726. The first kappa shape index (κ1) is 15.4. The molecule has 0 amide bonds. The van der Waals surface area contributed by atoms with E-state index < -0.39 is 11.5 Å². The van der Waals surface area contributed by atoms with E-state index in [2.05, 4.69) is 10.3 Å². The van der Waals surface area contributed by atoms with Crippen molar-refractivity contribution in [3.63, 3.8) is 0 Å². The number of anilines is 1. The van der Waals surface area contributed by atoms with Gasteiger partial charge in [0.25, 0.3) is 0 Å². The fourth-order valence-corrected chi connectivity index (χ4v) is 1.49. The van der Waals surface area contributed by atoms with E-state index in [9.17, 15) is 9.90 Å². The lowest BCUT2D eigenvalue weighted by molar-refractivity contribution is 0.0696. The molecule has 3 N–H and O–H groups in total. The van der Waals surface area contributed by atoms with Crippen molar-refractivity contribution in [3.05, 3.63) is 23.4 Å². The zero-order valence-electron chi connectivity index (χ0n) is 12.1. The molecule has 0 aliphatic heterocycles. The Morgan fingerprint density at radius 3 is 2.26 bits per heavy atom. The van der Waals surface area contributed by atoms with Gasteiger partial charge in [-0.3, -0.25) is 0 Å². The molecule has 0 aliphatic rings. The first-order valence-corrected chi connectivity index (χ1v) is 6.20. The van der Waals surface area contributed by atoms with Crippen LogP contribution in [-0.2, 0) is 5.41 Å². The lowest BCUT2D eigenvalue weighted by atomic mass is 9.90. The lowest BCUT2D eigenvalue weighted by Gasteiger charge is -2.26. The number of aromatic nitrogens is 1. The number of aliphatic hydroxyl groups excluding tert-OH is 1. The van der Waals surface area contributed by atoms with Crippen LogP contribution in [0.15, 0.2) is 12.1 Å². The average Bonchev–Trinajstić information content (AvgIpc) is 2.26. The number of nitrogens with one attached hydrogen (secondary N) is 1. The maximum absolute atomic E-state index is 11.2. The summed E-state index contributed by atoms with van der Waals surface area (Å²) in [6, 6.07) is 3.06. The molecule has 5 heteroatoms. The standard InChI is InChI=1S/C14H22N2O3/c1-13(2,3)10-6-9(12(18)19)7-11(15-10)16-14(4,5)8-17/h6-7,17H,8H2,1-5H3,(H,15,16)(H,18,19). The fraction of sp³-hybridized carbons (Fsp3) is 0.571. The number of nitrogens with zero attached hydrogens (tertiary/aromatic N) is 1. The second-order valence-electron chi connectivity index (χ2n) is 6.35. The highest BCUT2D eigenvalue weighted by atomic mass is 16.4. The van der Waals surface area contributed by atoms with Gasteiger partial charge in [0, 0.05) is 11.1 Å². The van der Waals surface area contributed by atoms with E-state index in [4.69, 9.17) is 5.11 Å². The molecular weight excluding hydrogens is 244 g/mol. The summed E-state index contributed by atoms with van der Waals surface area (Å²) >= 11 is 0. The minimum atomic E-state index is -0.988. The Balaban J connectivity index is 3.25. The van der Waals surface area contributed by atoms with Crippen LogP contribution in [0.3, 0.4) is 0 Å². The molecule has 0 spiro atoms. The Morgan fingerprint density at radius 2 is 1.84 bits per heavy atom. The Hall–Kier alpha value is -1.62. The number of carbonyl (C=O) groups is 1. The van der Waals surface area contributed by atoms with Crippen LogP contribution in [0.1, 0.15) is 50.7 Å². The summed E-state index contributed by atoms with van der Waals surface area (Å²) in [4.78, 5) is 15.6. The number of carboxylic acids is 1. The zero-order valence-corrected chi connectivity index (χ0v) is 12.1. The van der Waals surface area contributed by atoms with E-state index in [0.29, 0.717) is 11.5 Å². The molecule has 1 aromatic heterocycles. The molecule has 1 rings (SSSR count). The van der Waals surface area contributed by atoms with Crippen LogP contribution < -0.4 is 5.32 Å². The quantitative estimate of drug-likeness (QED) is 0.778. The van der Waals surface area contributed by atoms with Gasteiger partial charge in [0.1, 0.15) is 5.82 Å². The van der Waals surface area contributed by atoms with E-state index in [1.165, 1.54) is 6.07 Å². The van der Waals surface area contributed by atoms with Crippen LogP contribution in [0.2, 0.25) is 0 Å². The van der Waals surface area contributed by atoms with Crippen molar-refractivity contribution in [1.82, 2.24) is 4.98 Å². The van der Waals surface area contributed by atoms with Crippen molar-refractivity contribution >= 4 is 11.8 Å². The maximum atomic E-state index is 11.2. The van der Waals surface area contributed by atoms with Crippen molar-refractivity contribution in [2.24, 2.45) is 0 Å². The van der Waals surface area contributed by atoms with Crippen molar-refractivity contribution in [1.29, 1.82) is 0 Å². The van der Waals surface area contributed by atoms with Crippen molar-refractivity contribution in [2.75, 3.05) is 11.9 Å². The topological polar surface area (TPSA) is 82.5 Å². The molecule has 1 aromatic rings. The number of hydrogen-bond acceptors (Lipinski definition) is 4. The van der Waals surface area contributed by atoms with Gasteiger partial charge in [0.15, 0.2) is 0 Å². The van der Waals surface area contributed by atoms with Gasteiger partial charge in [0.2, 0.25) is 0 Å². The predicted molar refractivity (Wildman–Crippen MR) is 74.7 cm³/mol. The number of hydrogen-bond donors (Lipinski definition) is 3. The summed E-state index contributed by atoms with van der Waals surface area (Å²) in [5.74, 6) is -0.526. The molecule has 0 unspecified atom stereocenters. The van der Waals surface area contributed by atoms with Gasteiger partial charge >= 0.3 is 5.97 Å². The molecule has 0 radical (unpaired) electrons. The number of pyridine rings is 1. The van der Waals surface area contributed by atoms with E-state index in [-0.39, 0.29) is 17.6 Å². The van der Waals surface area contributed by atoms with Gasteiger partial charge in [-0.15, -0.1) is 0 Å². The van der Waals surface area contributed by atoms with Crippen LogP contribution in [-0.4, -0.2) is 33.3 Å². The zero-order chi connectivity index (χ0) is 14.8. The van der Waals surface area contributed by atoms with Gasteiger partial charge in [-0.1, -0.05) is 20.8 Å². The molecule has 5 nitrogen and oxygen atoms in total. The van der Waals surface area contributed by atoms with Gasteiger partial charge in [-0.25, -0.2) is 9.78 Å². The Bertz CT molecular complexity index is 476. The van der Waals surface area contributed by atoms with Crippen molar-refractivity contribution in [2.45, 2.75) is 45.6 Å². The molecule has 0 saturated carbocycles. The molecule has 106 valence electrons. The molecule has 0 aliphatic carbocycles. The minimum Gasteiger partial charge on any atom is -0.478 e. The van der Waals surface area contributed by atoms with Crippen LogP contribution in [0, 0.1) is 0 Å². The third-order valence-electron chi connectivity index (χ3n) is 2.70. The predicted octanol–water partition coefficient (Wildman–Crippen LogP) is 2.26. The fourth-order valence-electron chi connectivity index (χ4n) is 1.49. The molecule has 0 atom stereocenters. The molecule has 1 heterocycles. The van der Waals surface area contributed by atoms with E-state index in [1.54, 1.807) is 6.07 Å². The number of carboxylic acid groups (broad SMARTS) is 1. The third-order valence-corrected chi connectivity index (χ3v) is 2.70. The molecule has 0 saturated heterocycles. The SMILES string of the molecule is CC(C)(CO)Nc1cc(C(=O)O)cc(C(C)(C)C)n1. The normalized spacial score (nSPS) is 12.3. The second-order valence-corrected chi connectivity index (χ2v) is 6.35. The molecular formula is C14H22N2O3. The van der Waals surface area contributed by atoms with E-state index in [0.717, 1.165) is 0 Å². The summed E-state index contributed by atoms with van der Waals surface area (Å²) < 4.78 is 0. The second kappa shape index (κ2) is 5.17. The summed E-state index contributed by atoms with van der Waals surface area (Å²) in [7, 11) is 0. The summed E-state index contributed by atoms with van der Waals surface area (Å²) in [5, 5.41) is 21.5. The number of aromatic carboxylic acids is 1. The van der Waals surface area contributed by atoms with Crippen molar-refractivity contribution in [3.8, 4) is 0 Å². The Labute approximate surface area is 113 Å². The molecule has 19 heavy (non-hydrogen) atoms. The monoisotopic (exact) mass is 266 g/mol. The third kappa shape index (κ3) is 4.21. The maximum Gasteiger partial charge on any atom is 0.335 e. The van der Waals surface area contributed by atoms with Crippen LogP contribution in [0.4, 0.5) is 5.82 Å². The first-order chi connectivity index (χ1) is 8.55. The van der Waals surface area contributed by atoms with Gasteiger partial charge < -0.3 is 15.5 Å². The Morgan fingerprint density at radius 1 is 1.26 bits per heavy atom. The lowest BCUT2D eigenvalue weighted by Crippen LogP contribution is -2.35. The molecule has 0 bridgehead atoms. The summed E-state index contributed by atoms with van der Waals surface area (Å²) in [5.41, 5.74) is 0.0876. The smallest absolute Gasteiger partial charge is 0.335 e. The molecule has 0 fully saturated rings.